The van der Waals surface area contributed by atoms with E-state index in [1.807, 2.05) is 4.90 Å². The van der Waals surface area contributed by atoms with Crippen LogP contribution in [0.1, 0.15) is 43.0 Å². The van der Waals surface area contributed by atoms with E-state index in [9.17, 15) is 19.2 Å². The maximum atomic E-state index is 12.9. The van der Waals surface area contributed by atoms with E-state index in [2.05, 4.69) is 10.6 Å². The Balaban J connectivity index is 1.36. The normalized spacial score (nSPS) is 24.8. The number of nitrogens with one attached hydrogen (secondary N) is 2. The van der Waals surface area contributed by atoms with Crippen molar-refractivity contribution in [1.29, 1.82) is 0 Å². The zero-order chi connectivity index (χ0) is 20.5. The van der Waals surface area contributed by atoms with Crippen LogP contribution < -0.4 is 15.4 Å². The number of anilines is 1. The molecule has 2 saturated heterocycles. The van der Waals surface area contributed by atoms with Gasteiger partial charge in [0, 0.05) is 37.5 Å². The number of rotatable bonds is 3. The molecule has 3 heterocycles. The molecule has 0 saturated carbocycles. The van der Waals surface area contributed by atoms with Crippen molar-refractivity contribution in [3.63, 3.8) is 0 Å². The number of ketones is 1. The summed E-state index contributed by atoms with van der Waals surface area (Å²) in [5.74, 6) is 0.117. The molecule has 2 unspecified atom stereocenters. The first kappa shape index (κ1) is 19.4. The summed E-state index contributed by atoms with van der Waals surface area (Å²) < 4.78 is 5.54. The molecule has 0 radical (unpaired) electrons. The van der Waals surface area contributed by atoms with Gasteiger partial charge >= 0.3 is 0 Å². The minimum Gasteiger partial charge on any atom is -0.479 e. The van der Waals surface area contributed by atoms with Gasteiger partial charge in [-0.15, -0.1) is 0 Å². The number of amides is 3. The number of hydrogen-bond donors (Lipinski definition) is 2. The molecule has 3 aliphatic heterocycles. The first-order valence-electron chi connectivity index (χ1n) is 10.1. The van der Waals surface area contributed by atoms with E-state index in [4.69, 9.17) is 4.74 Å². The standard InChI is InChI=1S/C21H25N3O5/c1-12-20(27)23-16-10-14(2-4-17(16)29-12)19(26)13-6-8-24(9-7-13)21(28)15-3-5-18(25)22-11-15/h2,4,10,12-13,15H,3,5-9,11H2,1H3,(H,22,25)(H,23,27). The van der Waals surface area contributed by atoms with Gasteiger partial charge in [-0.3, -0.25) is 19.2 Å². The Kier molecular flexibility index (Phi) is 5.25. The fraction of sp³-hybridized carbons (Fsp3) is 0.524. The van der Waals surface area contributed by atoms with Gasteiger partial charge in [0.15, 0.2) is 11.9 Å². The van der Waals surface area contributed by atoms with Crippen molar-refractivity contribution in [2.24, 2.45) is 11.8 Å². The van der Waals surface area contributed by atoms with Crippen LogP contribution in [0, 0.1) is 11.8 Å². The molecule has 0 bridgehead atoms. The fourth-order valence-corrected chi connectivity index (χ4v) is 4.16. The topological polar surface area (TPSA) is 105 Å². The zero-order valence-electron chi connectivity index (χ0n) is 16.4. The van der Waals surface area contributed by atoms with Crippen molar-refractivity contribution >= 4 is 29.2 Å². The number of fused-ring (bicyclic) bond motifs is 1. The lowest BCUT2D eigenvalue weighted by atomic mass is 9.87. The van der Waals surface area contributed by atoms with Crippen molar-refractivity contribution in [2.75, 3.05) is 25.0 Å². The molecule has 2 fully saturated rings. The smallest absolute Gasteiger partial charge is 0.265 e. The monoisotopic (exact) mass is 399 g/mol. The van der Waals surface area contributed by atoms with Gasteiger partial charge in [-0.25, -0.2) is 0 Å². The molecule has 2 atom stereocenters. The van der Waals surface area contributed by atoms with Crippen molar-refractivity contribution < 1.29 is 23.9 Å². The van der Waals surface area contributed by atoms with Crippen LogP contribution in [-0.4, -0.2) is 54.1 Å². The number of hydrogen-bond acceptors (Lipinski definition) is 5. The van der Waals surface area contributed by atoms with Gasteiger partial charge in [-0.2, -0.15) is 0 Å². The average molecular weight is 399 g/mol. The van der Waals surface area contributed by atoms with Gasteiger partial charge in [0.2, 0.25) is 11.8 Å². The van der Waals surface area contributed by atoms with E-state index in [1.54, 1.807) is 25.1 Å². The third kappa shape index (κ3) is 3.97. The highest BCUT2D eigenvalue weighted by atomic mass is 16.5. The van der Waals surface area contributed by atoms with Gasteiger partial charge in [-0.05, 0) is 44.4 Å². The summed E-state index contributed by atoms with van der Waals surface area (Å²) in [7, 11) is 0. The molecule has 0 aromatic heterocycles. The highest BCUT2D eigenvalue weighted by Gasteiger charge is 2.33. The van der Waals surface area contributed by atoms with E-state index >= 15 is 0 Å². The van der Waals surface area contributed by atoms with Crippen molar-refractivity contribution in [3.8, 4) is 5.75 Å². The Morgan fingerprint density at radius 3 is 2.55 bits per heavy atom. The van der Waals surface area contributed by atoms with Gasteiger partial charge in [0.05, 0.1) is 11.6 Å². The minimum atomic E-state index is -0.552. The summed E-state index contributed by atoms with van der Waals surface area (Å²) in [4.78, 5) is 50.5. The quantitative estimate of drug-likeness (QED) is 0.747. The molecule has 1 aromatic carbocycles. The van der Waals surface area contributed by atoms with Gasteiger partial charge in [-0.1, -0.05) is 0 Å². The molecule has 8 heteroatoms. The van der Waals surface area contributed by atoms with Gasteiger partial charge in [0.25, 0.3) is 5.91 Å². The number of carbonyl (C=O) groups is 4. The Morgan fingerprint density at radius 1 is 1.10 bits per heavy atom. The van der Waals surface area contributed by atoms with Crippen molar-refractivity contribution in [1.82, 2.24) is 10.2 Å². The maximum Gasteiger partial charge on any atom is 0.265 e. The third-order valence-corrected chi connectivity index (χ3v) is 5.99. The predicted octanol–water partition coefficient (Wildman–Crippen LogP) is 1.35. The Morgan fingerprint density at radius 2 is 1.86 bits per heavy atom. The third-order valence-electron chi connectivity index (χ3n) is 5.99. The lowest BCUT2D eigenvalue weighted by molar-refractivity contribution is -0.138. The summed E-state index contributed by atoms with van der Waals surface area (Å²) in [6.45, 7) is 3.16. The SMILES string of the molecule is CC1Oc2ccc(C(=O)C3CCN(C(=O)C4CCC(=O)NC4)CC3)cc2NC1=O. The summed E-state index contributed by atoms with van der Waals surface area (Å²) in [6, 6.07) is 5.12. The minimum absolute atomic E-state index is 0.000508. The number of carbonyl (C=O) groups excluding carboxylic acids is 4. The number of benzene rings is 1. The van der Waals surface area contributed by atoms with E-state index in [1.165, 1.54) is 0 Å². The van der Waals surface area contributed by atoms with Crippen LogP contribution in [0.3, 0.4) is 0 Å². The average Bonchev–Trinajstić information content (AvgIpc) is 2.74. The lowest BCUT2D eigenvalue weighted by Crippen LogP contribution is -2.47. The summed E-state index contributed by atoms with van der Waals surface area (Å²) in [6.07, 6.45) is 1.65. The van der Waals surface area contributed by atoms with E-state index in [0.29, 0.717) is 62.3 Å². The summed E-state index contributed by atoms with van der Waals surface area (Å²) >= 11 is 0. The molecule has 2 N–H and O–H groups in total. The van der Waals surface area contributed by atoms with Gasteiger partial charge < -0.3 is 20.3 Å². The predicted molar refractivity (Wildman–Crippen MR) is 105 cm³/mol. The van der Waals surface area contributed by atoms with E-state index < -0.39 is 6.10 Å². The number of Topliss-reactive ketones (excluding diaryl/α,β-unsaturated/α-hetero) is 1. The summed E-state index contributed by atoms with van der Waals surface area (Å²) in [5.41, 5.74) is 1.06. The number of ether oxygens (including phenoxy) is 1. The van der Waals surface area contributed by atoms with Crippen LogP contribution >= 0.6 is 0 Å². The van der Waals surface area contributed by atoms with Crippen molar-refractivity contribution in [2.45, 2.75) is 38.7 Å². The van der Waals surface area contributed by atoms with Crippen LogP contribution in [0.25, 0.3) is 0 Å². The summed E-state index contributed by atoms with van der Waals surface area (Å²) in [5, 5.41) is 5.52. The first-order chi connectivity index (χ1) is 13.9. The number of nitrogens with zero attached hydrogens (tertiary/aromatic N) is 1. The lowest BCUT2D eigenvalue weighted by Gasteiger charge is -2.34. The van der Waals surface area contributed by atoms with Crippen LogP contribution in [0.2, 0.25) is 0 Å². The van der Waals surface area contributed by atoms with Crippen LogP contribution in [0.5, 0.6) is 5.75 Å². The Labute approximate surface area is 169 Å². The fourth-order valence-electron chi connectivity index (χ4n) is 4.16. The largest absolute Gasteiger partial charge is 0.479 e. The zero-order valence-corrected chi connectivity index (χ0v) is 16.4. The van der Waals surface area contributed by atoms with Crippen LogP contribution in [0.4, 0.5) is 5.69 Å². The second-order valence-electron chi connectivity index (χ2n) is 7.96. The Bertz CT molecular complexity index is 850. The van der Waals surface area contributed by atoms with Crippen LogP contribution in [-0.2, 0) is 14.4 Å². The van der Waals surface area contributed by atoms with E-state index in [-0.39, 0.29) is 35.3 Å². The molecule has 3 amide bonds. The van der Waals surface area contributed by atoms with Crippen molar-refractivity contribution in [3.05, 3.63) is 23.8 Å². The molecule has 0 aliphatic carbocycles. The van der Waals surface area contributed by atoms with Crippen LogP contribution in [0.15, 0.2) is 18.2 Å². The van der Waals surface area contributed by atoms with E-state index in [0.717, 1.165) is 0 Å². The van der Waals surface area contributed by atoms with Gasteiger partial charge in [0.1, 0.15) is 5.75 Å². The molecule has 1 aromatic rings. The molecular formula is C21H25N3O5. The molecule has 4 rings (SSSR count). The second kappa shape index (κ2) is 7.85. The molecule has 8 nitrogen and oxygen atoms in total. The second-order valence-corrected chi connectivity index (χ2v) is 7.96. The first-order valence-corrected chi connectivity index (χ1v) is 10.1. The Hall–Kier alpha value is -2.90. The highest BCUT2D eigenvalue weighted by Crippen LogP contribution is 2.32. The molecule has 154 valence electrons. The maximum absolute atomic E-state index is 12.9. The molecular weight excluding hydrogens is 374 g/mol. The highest BCUT2D eigenvalue weighted by molar-refractivity contribution is 6.02. The molecule has 0 spiro atoms. The number of piperidine rings is 2. The number of likely N-dealkylation sites (tertiary alicyclic amines) is 1. The molecule has 29 heavy (non-hydrogen) atoms. The molecule has 3 aliphatic rings.